The fourth-order valence-electron chi connectivity index (χ4n) is 5.10. The Balaban J connectivity index is 1.81. The molecule has 0 spiro atoms. The minimum absolute atomic E-state index is 0.0171. The van der Waals surface area contributed by atoms with Crippen LogP contribution in [-0.4, -0.2) is 44.3 Å². The molecule has 1 N–H and O–H groups in total. The molecule has 0 aliphatic heterocycles. The highest BCUT2D eigenvalue weighted by atomic mass is 35.5. The molecule has 4 aromatic carbocycles. The number of nitrogens with zero attached hydrogens (tertiary/aromatic N) is 2. The Kier molecular flexibility index (Phi) is 12.0. The van der Waals surface area contributed by atoms with Gasteiger partial charge >= 0.3 is 0 Å². The molecular weight excluding hydrogens is 625 g/mol. The Morgan fingerprint density at radius 3 is 2.20 bits per heavy atom. The molecule has 0 bridgehead atoms. The molecule has 0 aliphatic rings. The van der Waals surface area contributed by atoms with Crippen LogP contribution in [0, 0.1) is 19.7 Å². The number of benzene rings is 4. The van der Waals surface area contributed by atoms with Gasteiger partial charge in [-0.05, 0) is 79.4 Å². The van der Waals surface area contributed by atoms with E-state index >= 15 is 0 Å². The van der Waals surface area contributed by atoms with E-state index in [2.05, 4.69) is 5.32 Å². The lowest BCUT2D eigenvalue weighted by Gasteiger charge is -2.34. The summed E-state index contributed by atoms with van der Waals surface area (Å²) in [6.07, 6.45) is 1.82. The van der Waals surface area contributed by atoms with Crippen LogP contribution in [0.1, 0.15) is 42.0 Å². The van der Waals surface area contributed by atoms with Gasteiger partial charge < -0.3 is 10.2 Å². The van der Waals surface area contributed by atoms with Crippen molar-refractivity contribution in [2.75, 3.05) is 17.4 Å². The van der Waals surface area contributed by atoms with E-state index in [0.29, 0.717) is 22.7 Å². The normalized spacial score (nSPS) is 11.9. The predicted octanol–water partition coefficient (Wildman–Crippen LogP) is 6.85. The maximum absolute atomic E-state index is 14.5. The molecule has 0 saturated carbocycles. The second-order valence-corrected chi connectivity index (χ2v) is 13.6. The van der Waals surface area contributed by atoms with Gasteiger partial charge in [0, 0.05) is 24.5 Å². The van der Waals surface area contributed by atoms with Gasteiger partial charge in [0.2, 0.25) is 11.8 Å². The van der Waals surface area contributed by atoms with Crippen molar-refractivity contribution in [3.05, 3.63) is 130 Å². The number of nitrogens with one attached hydrogen (secondary N) is 1. The molecule has 7 nitrogen and oxygen atoms in total. The third-order valence-corrected chi connectivity index (χ3v) is 9.69. The van der Waals surface area contributed by atoms with Gasteiger partial charge in [-0.1, -0.05) is 85.1 Å². The molecule has 4 aromatic rings. The molecule has 0 aromatic heterocycles. The van der Waals surface area contributed by atoms with Gasteiger partial charge in [-0.3, -0.25) is 13.9 Å². The van der Waals surface area contributed by atoms with Gasteiger partial charge in [0.05, 0.1) is 10.6 Å². The number of aryl methyl sites for hydroxylation is 2. The number of hydrogen-bond donors (Lipinski definition) is 1. The summed E-state index contributed by atoms with van der Waals surface area (Å²) < 4.78 is 43.3. The number of sulfonamides is 1. The van der Waals surface area contributed by atoms with Crippen LogP contribution in [0.3, 0.4) is 0 Å². The lowest BCUT2D eigenvalue weighted by atomic mass is 10.0. The summed E-state index contributed by atoms with van der Waals surface area (Å²) in [7, 11) is -4.24. The third kappa shape index (κ3) is 8.95. The van der Waals surface area contributed by atoms with Gasteiger partial charge in [-0.15, -0.1) is 0 Å². The lowest BCUT2D eigenvalue weighted by molar-refractivity contribution is -0.140. The lowest BCUT2D eigenvalue weighted by Crippen LogP contribution is -2.53. The molecule has 0 aliphatic carbocycles. The number of carbonyl (C=O) groups is 2. The van der Waals surface area contributed by atoms with E-state index in [-0.39, 0.29) is 29.5 Å². The number of hydrogen-bond acceptors (Lipinski definition) is 4. The average molecular weight is 664 g/mol. The molecule has 2 amide bonds. The van der Waals surface area contributed by atoms with E-state index in [1.165, 1.54) is 29.2 Å². The third-order valence-electron chi connectivity index (χ3n) is 7.68. The number of amides is 2. The van der Waals surface area contributed by atoms with E-state index in [0.717, 1.165) is 28.3 Å². The zero-order valence-corrected chi connectivity index (χ0v) is 27.8. The minimum Gasteiger partial charge on any atom is -0.354 e. The zero-order valence-electron chi connectivity index (χ0n) is 26.2. The first kappa shape index (κ1) is 34.7. The summed E-state index contributed by atoms with van der Waals surface area (Å²) in [4.78, 5) is 29.7. The first-order valence-electron chi connectivity index (χ1n) is 15.2. The molecule has 10 heteroatoms. The summed E-state index contributed by atoms with van der Waals surface area (Å²) in [6, 6.07) is 25.2. The quantitative estimate of drug-likeness (QED) is 0.150. The van der Waals surface area contributed by atoms with E-state index in [4.69, 9.17) is 11.6 Å². The Labute approximate surface area is 276 Å². The number of unbranched alkanes of at least 4 members (excludes halogenated alkanes) is 1. The fourth-order valence-corrected chi connectivity index (χ4v) is 6.80. The van der Waals surface area contributed by atoms with Gasteiger partial charge in [-0.25, -0.2) is 12.8 Å². The van der Waals surface area contributed by atoms with Crippen LogP contribution in [0.25, 0.3) is 0 Å². The predicted molar refractivity (Wildman–Crippen MR) is 181 cm³/mol. The average Bonchev–Trinajstić information content (AvgIpc) is 3.03. The highest BCUT2D eigenvalue weighted by molar-refractivity contribution is 7.92. The standard InChI is InChI=1S/C36H39ClFN3O4S/c1-4-5-21-39-36(43)34(23-28-9-7-6-8-10-28)40(24-29-13-16-31(38)17-14-29)35(42)25-41(33-20-15-30(37)22-27(33)3)46(44,45)32-18-11-26(2)12-19-32/h6-20,22,34H,4-5,21,23-25H2,1-3H3,(H,39,43). The van der Waals surface area contributed by atoms with E-state index in [9.17, 15) is 22.4 Å². The first-order chi connectivity index (χ1) is 22.0. The number of anilines is 1. The highest BCUT2D eigenvalue weighted by Gasteiger charge is 2.35. The van der Waals surface area contributed by atoms with Crippen molar-refractivity contribution in [3.8, 4) is 0 Å². The Hall–Kier alpha value is -4.21. The summed E-state index contributed by atoms with van der Waals surface area (Å²) in [5.41, 5.74) is 3.14. The second-order valence-electron chi connectivity index (χ2n) is 11.3. The molecule has 242 valence electrons. The van der Waals surface area contributed by atoms with Crippen molar-refractivity contribution in [1.82, 2.24) is 10.2 Å². The van der Waals surface area contributed by atoms with E-state index in [1.54, 1.807) is 49.4 Å². The van der Waals surface area contributed by atoms with Gasteiger partial charge in [-0.2, -0.15) is 0 Å². The van der Waals surface area contributed by atoms with Crippen molar-refractivity contribution in [3.63, 3.8) is 0 Å². The molecule has 1 atom stereocenters. The SMILES string of the molecule is CCCCNC(=O)C(Cc1ccccc1)N(Cc1ccc(F)cc1)C(=O)CN(c1ccc(Cl)cc1C)S(=O)(=O)c1ccc(C)cc1. The van der Waals surface area contributed by atoms with Crippen LogP contribution in [0.5, 0.6) is 0 Å². The van der Waals surface area contributed by atoms with Crippen LogP contribution in [0.15, 0.2) is 102 Å². The van der Waals surface area contributed by atoms with Crippen LogP contribution in [0.4, 0.5) is 10.1 Å². The maximum Gasteiger partial charge on any atom is 0.264 e. The van der Waals surface area contributed by atoms with Crippen molar-refractivity contribution in [1.29, 1.82) is 0 Å². The van der Waals surface area contributed by atoms with Crippen molar-refractivity contribution in [2.24, 2.45) is 0 Å². The highest BCUT2D eigenvalue weighted by Crippen LogP contribution is 2.30. The number of carbonyl (C=O) groups excluding carboxylic acids is 2. The second kappa shape index (κ2) is 15.9. The van der Waals surface area contributed by atoms with E-state index < -0.39 is 34.3 Å². The molecular formula is C36H39ClFN3O4S. The number of rotatable bonds is 14. The molecule has 0 saturated heterocycles. The van der Waals surface area contributed by atoms with Crippen molar-refractivity contribution in [2.45, 2.75) is 57.5 Å². The van der Waals surface area contributed by atoms with Crippen LogP contribution >= 0.6 is 11.6 Å². The summed E-state index contributed by atoms with van der Waals surface area (Å²) in [6.45, 7) is 5.38. The van der Waals surface area contributed by atoms with Crippen molar-refractivity contribution < 1.29 is 22.4 Å². The molecule has 0 heterocycles. The Morgan fingerprint density at radius 1 is 0.891 bits per heavy atom. The molecule has 0 fully saturated rings. The van der Waals surface area contributed by atoms with Gasteiger partial charge in [0.15, 0.2) is 0 Å². The zero-order chi connectivity index (χ0) is 33.3. The molecule has 0 radical (unpaired) electrons. The summed E-state index contributed by atoms with van der Waals surface area (Å²) in [5, 5.41) is 3.38. The minimum atomic E-state index is -4.24. The fraction of sp³-hybridized carbons (Fsp3) is 0.278. The molecule has 1 unspecified atom stereocenters. The van der Waals surface area contributed by atoms with Crippen LogP contribution in [0.2, 0.25) is 5.02 Å². The molecule has 46 heavy (non-hydrogen) atoms. The van der Waals surface area contributed by atoms with Gasteiger partial charge in [0.1, 0.15) is 18.4 Å². The monoisotopic (exact) mass is 663 g/mol. The maximum atomic E-state index is 14.5. The first-order valence-corrected chi connectivity index (χ1v) is 17.0. The topological polar surface area (TPSA) is 86.8 Å². The number of halogens is 2. The van der Waals surface area contributed by atoms with E-state index in [1.807, 2.05) is 44.2 Å². The van der Waals surface area contributed by atoms with Crippen LogP contribution in [-0.2, 0) is 32.6 Å². The van der Waals surface area contributed by atoms with Crippen LogP contribution < -0.4 is 9.62 Å². The summed E-state index contributed by atoms with van der Waals surface area (Å²) in [5.74, 6) is -1.39. The largest absolute Gasteiger partial charge is 0.354 e. The summed E-state index contributed by atoms with van der Waals surface area (Å²) >= 11 is 6.22. The van der Waals surface area contributed by atoms with Crippen molar-refractivity contribution >= 4 is 39.1 Å². The smallest absolute Gasteiger partial charge is 0.264 e. The van der Waals surface area contributed by atoms with Gasteiger partial charge in [0.25, 0.3) is 10.0 Å². The Morgan fingerprint density at radius 2 is 1.57 bits per heavy atom. The molecule has 4 rings (SSSR count). The Bertz CT molecular complexity index is 1730.